The number of carbonyl (C=O) groups is 1. The van der Waals surface area contributed by atoms with Crippen molar-refractivity contribution in [1.29, 1.82) is 0 Å². The monoisotopic (exact) mass is 332 g/mol. The molecule has 2 atom stereocenters. The number of nitrogens with one attached hydrogen (secondary N) is 1. The smallest absolute Gasteiger partial charge is 0.235 e. The van der Waals surface area contributed by atoms with Crippen LogP contribution in [0.1, 0.15) is 18.5 Å². The van der Waals surface area contributed by atoms with E-state index in [1.54, 1.807) is 0 Å². The van der Waals surface area contributed by atoms with E-state index in [0.717, 1.165) is 26.3 Å². The molecule has 1 aliphatic heterocycles. The Morgan fingerprint density at radius 3 is 2.52 bits per heavy atom. The number of morpholine rings is 1. The molecule has 0 bridgehead atoms. The Labute approximate surface area is 137 Å². The van der Waals surface area contributed by atoms with Crippen LogP contribution >= 0.6 is 24.0 Å². The number of ether oxygens (including phenoxy) is 1. The first-order valence-corrected chi connectivity index (χ1v) is 7.48. The highest BCUT2D eigenvalue weighted by atomic mass is 35.5. The van der Waals surface area contributed by atoms with Crippen molar-refractivity contribution in [1.82, 2.24) is 10.2 Å². The third-order valence-electron chi connectivity index (χ3n) is 3.56. The van der Waals surface area contributed by atoms with E-state index in [0.29, 0.717) is 0 Å². The Kier molecular flexibility index (Phi) is 8.04. The van der Waals surface area contributed by atoms with Gasteiger partial charge in [-0.3, -0.25) is 9.69 Å². The molecular weight excluding hydrogens is 311 g/mol. The molecular formula is C15H22Cl2N2O2. The topological polar surface area (TPSA) is 41.6 Å². The van der Waals surface area contributed by atoms with Gasteiger partial charge in [-0.25, -0.2) is 0 Å². The van der Waals surface area contributed by atoms with E-state index in [9.17, 15) is 4.79 Å². The van der Waals surface area contributed by atoms with Crippen molar-refractivity contribution in [2.75, 3.05) is 32.2 Å². The predicted molar refractivity (Wildman–Crippen MR) is 87.1 cm³/mol. The Morgan fingerprint density at radius 1 is 1.33 bits per heavy atom. The molecule has 6 heteroatoms. The number of hydrogen-bond acceptors (Lipinski definition) is 3. The average Bonchev–Trinajstić information content (AvgIpc) is 2.49. The number of amides is 1. The molecule has 0 radical (unpaired) electrons. The Morgan fingerprint density at radius 2 is 1.95 bits per heavy atom. The minimum absolute atomic E-state index is 0. The summed E-state index contributed by atoms with van der Waals surface area (Å²) in [4.78, 5) is 13.9. The van der Waals surface area contributed by atoms with Crippen LogP contribution in [0.25, 0.3) is 0 Å². The van der Waals surface area contributed by atoms with Gasteiger partial charge < -0.3 is 10.1 Å². The van der Waals surface area contributed by atoms with E-state index in [1.165, 1.54) is 5.56 Å². The van der Waals surface area contributed by atoms with Gasteiger partial charge in [-0.05, 0) is 12.5 Å². The van der Waals surface area contributed by atoms with Crippen molar-refractivity contribution in [2.45, 2.75) is 19.0 Å². The van der Waals surface area contributed by atoms with E-state index in [1.807, 2.05) is 25.1 Å². The maximum Gasteiger partial charge on any atom is 0.235 e. The van der Waals surface area contributed by atoms with Crippen LogP contribution in [0.5, 0.6) is 0 Å². The van der Waals surface area contributed by atoms with Crippen LogP contribution < -0.4 is 5.32 Å². The van der Waals surface area contributed by atoms with Crippen LogP contribution in [0.4, 0.5) is 0 Å². The van der Waals surface area contributed by atoms with Gasteiger partial charge in [0.15, 0.2) is 0 Å². The Bertz CT molecular complexity index is 425. The molecule has 1 aliphatic rings. The van der Waals surface area contributed by atoms with Gasteiger partial charge in [0.25, 0.3) is 0 Å². The molecule has 0 saturated carbocycles. The van der Waals surface area contributed by atoms with E-state index in [2.05, 4.69) is 22.3 Å². The number of alkyl halides is 1. The van der Waals surface area contributed by atoms with Crippen molar-refractivity contribution < 1.29 is 9.53 Å². The minimum Gasteiger partial charge on any atom is -0.379 e. The van der Waals surface area contributed by atoms with E-state index < -0.39 is 0 Å². The van der Waals surface area contributed by atoms with Crippen LogP contribution in [0.15, 0.2) is 30.3 Å². The first-order chi connectivity index (χ1) is 9.72. The summed E-state index contributed by atoms with van der Waals surface area (Å²) in [7, 11) is 0. The molecule has 2 unspecified atom stereocenters. The zero-order chi connectivity index (χ0) is 14.4. The van der Waals surface area contributed by atoms with Gasteiger partial charge in [0.1, 0.15) is 5.88 Å². The lowest BCUT2D eigenvalue weighted by molar-refractivity contribution is -0.119. The molecule has 1 N–H and O–H groups in total. The molecule has 1 fully saturated rings. The summed E-state index contributed by atoms with van der Waals surface area (Å²) in [5.74, 6) is -0.136. The molecule has 1 saturated heterocycles. The maximum absolute atomic E-state index is 11.6. The Balaban J connectivity index is 0.00000220. The largest absolute Gasteiger partial charge is 0.379 e. The highest BCUT2D eigenvalue weighted by Gasteiger charge is 2.28. The van der Waals surface area contributed by atoms with Gasteiger partial charge >= 0.3 is 0 Å². The van der Waals surface area contributed by atoms with Crippen molar-refractivity contribution in [3.8, 4) is 0 Å². The van der Waals surface area contributed by atoms with Gasteiger partial charge in [0.2, 0.25) is 5.91 Å². The summed E-state index contributed by atoms with van der Waals surface area (Å²) in [5, 5.41) is 2.97. The first kappa shape index (κ1) is 18.2. The summed E-state index contributed by atoms with van der Waals surface area (Å²) in [5.41, 5.74) is 1.21. The summed E-state index contributed by atoms with van der Waals surface area (Å²) < 4.78 is 5.42. The summed E-state index contributed by atoms with van der Waals surface area (Å²) in [6, 6.07) is 10.4. The van der Waals surface area contributed by atoms with Crippen molar-refractivity contribution >= 4 is 29.9 Å². The molecule has 2 rings (SSSR count). The second-order valence-electron chi connectivity index (χ2n) is 4.99. The number of carbonyl (C=O) groups excluding carboxylic acids is 1. The average molecular weight is 333 g/mol. The van der Waals surface area contributed by atoms with Crippen LogP contribution in [0.3, 0.4) is 0 Å². The van der Waals surface area contributed by atoms with Crippen molar-refractivity contribution in [3.63, 3.8) is 0 Å². The second-order valence-corrected chi connectivity index (χ2v) is 5.26. The molecule has 0 spiro atoms. The highest BCUT2D eigenvalue weighted by molar-refractivity contribution is 6.27. The van der Waals surface area contributed by atoms with Crippen LogP contribution in [0, 0.1) is 0 Å². The lowest BCUT2D eigenvalue weighted by atomic mass is 9.98. The maximum atomic E-state index is 11.6. The minimum atomic E-state index is -0.131. The Hall–Kier alpha value is -0.810. The van der Waals surface area contributed by atoms with Gasteiger partial charge in [0.05, 0.1) is 19.3 Å². The normalized spacial score (nSPS) is 18.4. The fraction of sp³-hybridized carbons (Fsp3) is 0.533. The fourth-order valence-corrected chi connectivity index (χ4v) is 2.77. The highest BCUT2D eigenvalue weighted by Crippen LogP contribution is 2.25. The molecule has 1 aromatic carbocycles. The number of rotatable bonds is 5. The first-order valence-electron chi connectivity index (χ1n) is 6.94. The zero-order valence-corrected chi connectivity index (χ0v) is 13.7. The SMILES string of the molecule is CC(NC(=O)CCl)C(c1ccccc1)N1CCOCC1.Cl. The van der Waals surface area contributed by atoms with Crippen molar-refractivity contribution in [2.24, 2.45) is 0 Å². The summed E-state index contributed by atoms with van der Waals surface area (Å²) in [6.07, 6.45) is 0. The fourth-order valence-electron chi connectivity index (χ4n) is 2.69. The summed E-state index contributed by atoms with van der Waals surface area (Å²) >= 11 is 5.59. The quantitative estimate of drug-likeness (QED) is 0.840. The van der Waals surface area contributed by atoms with Crippen LogP contribution in [-0.4, -0.2) is 49.0 Å². The van der Waals surface area contributed by atoms with Crippen molar-refractivity contribution in [3.05, 3.63) is 35.9 Å². The van der Waals surface area contributed by atoms with Gasteiger partial charge in [-0.2, -0.15) is 0 Å². The number of benzene rings is 1. The van der Waals surface area contributed by atoms with E-state index in [-0.39, 0.29) is 36.3 Å². The van der Waals surface area contributed by atoms with E-state index >= 15 is 0 Å². The number of hydrogen-bond donors (Lipinski definition) is 1. The number of nitrogens with zero attached hydrogens (tertiary/aromatic N) is 1. The number of halogens is 2. The molecule has 0 aromatic heterocycles. The lowest BCUT2D eigenvalue weighted by Crippen LogP contribution is -2.48. The third-order valence-corrected chi connectivity index (χ3v) is 3.81. The van der Waals surface area contributed by atoms with Crippen LogP contribution in [0.2, 0.25) is 0 Å². The van der Waals surface area contributed by atoms with E-state index in [4.69, 9.17) is 16.3 Å². The lowest BCUT2D eigenvalue weighted by Gasteiger charge is -2.38. The second kappa shape index (κ2) is 9.26. The standard InChI is InChI=1S/C15H21ClN2O2.ClH/c1-12(17-14(19)11-16)15(13-5-3-2-4-6-13)18-7-9-20-10-8-18;/h2-6,12,15H,7-11H2,1H3,(H,17,19);1H. The molecule has 1 aromatic rings. The molecule has 1 heterocycles. The third kappa shape index (κ3) is 5.15. The molecule has 118 valence electrons. The van der Waals surface area contributed by atoms with Gasteiger partial charge in [-0.15, -0.1) is 24.0 Å². The molecule has 21 heavy (non-hydrogen) atoms. The van der Waals surface area contributed by atoms with Gasteiger partial charge in [-0.1, -0.05) is 30.3 Å². The van der Waals surface area contributed by atoms with Crippen LogP contribution in [-0.2, 0) is 9.53 Å². The molecule has 1 amide bonds. The molecule has 4 nitrogen and oxygen atoms in total. The zero-order valence-electron chi connectivity index (χ0n) is 12.1. The predicted octanol–water partition coefficient (Wildman–Crippen LogP) is 2.23. The van der Waals surface area contributed by atoms with Gasteiger partial charge in [0, 0.05) is 19.1 Å². The molecule has 0 aliphatic carbocycles. The summed E-state index contributed by atoms with van der Waals surface area (Å²) in [6.45, 7) is 5.25.